The molecule has 0 bridgehead atoms. The molecule has 2 amide bonds. The van der Waals surface area contributed by atoms with E-state index in [0.29, 0.717) is 43.3 Å². The Balaban J connectivity index is 1.44. The molecule has 0 spiro atoms. The number of amidine groups is 1. The van der Waals surface area contributed by atoms with Crippen LogP contribution in [0.3, 0.4) is 0 Å². The zero-order valence-electron chi connectivity index (χ0n) is 20.5. The summed E-state index contributed by atoms with van der Waals surface area (Å²) in [6.07, 6.45) is 3.62. The topological polar surface area (TPSA) is 110 Å². The number of benzene rings is 1. The highest BCUT2D eigenvalue weighted by molar-refractivity contribution is 8.15. The number of morpholine rings is 1. The number of hydrogen-bond donors (Lipinski definition) is 2. The normalized spacial score (nSPS) is 26.8. The van der Waals surface area contributed by atoms with Gasteiger partial charge < -0.3 is 20.7 Å². The summed E-state index contributed by atoms with van der Waals surface area (Å²) in [6, 6.07) is 6.92. The van der Waals surface area contributed by atoms with Crippen LogP contribution in [0.1, 0.15) is 29.4 Å². The second-order valence-electron chi connectivity index (χ2n) is 9.56. The highest BCUT2D eigenvalue weighted by Gasteiger charge is 2.67. The zero-order chi connectivity index (χ0) is 27.1. The number of pyridine rings is 1. The molecule has 3 heterocycles. The fraction of sp³-hybridized carbons (Fsp3) is 0.385. The first-order chi connectivity index (χ1) is 18.2. The number of aromatic nitrogens is 1. The molecule has 2 fully saturated rings. The van der Waals surface area contributed by atoms with Crippen LogP contribution in [0.25, 0.3) is 0 Å². The Kier molecular flexibility index (Phi) is 7.19. The number of hydrogen-bond acceptors (Lipinski definition) is 7. The second-order valence-corrected chi connectivity index (χ2v) is 11.4. The van der Waals surface area contributed by atoms with Crippen molar-refractivity contribution in [1.29, 1.82) is 0 Å². The van der Waals surface area contributed by atoms with Gasteiger partial charge in [0, 0.05) is 46.8 Å². The van der Waals surface area contributed by atoms with Gasteiger partial charge in [-0.15, -0.1) is 0 Å². The molecule has 1 saturated heterocycles. The Morgan fingerprint density at radius 1 is 1.32 bits per heavy atom. The first kappa shape index (κ1) is 26.6. The van der Waals surface area contributed by atoms with E-state index in [2.05, 4.69) is 15.3 Å². The van der Waals surface area contributed by atoms with Gasteiger partial charge in [-0.3, -0.25) is 9.59 Å². The average molecular weight is 562 g/mol. The van der Waals surface area contributed by atoms with Crippen molar-refractivity contribution in [3.05, 3.63) is 70.3 Å². The maximum Gasteiger partial charge on any atom is 0.274 e. The number of rotatable bonds is 6. The number of amides is 2. The number of ether oxygens (including phenoxy) is 1. The van der Waals surface area contributed by atoms with E-state index < -0.39 is 34.6 Å². The maximum absolute atomic E-state index is 15.3. The standard InChI is InChI=1S/C26H26ClF2N5O3S/c1-15(23(36)34-6-8-37-9-7-34)11-25-12-21(25)26(14-28,33-24(30)38-25)18-10-17(3-4-19(18)29)32-22(35)20-5-2-16(27)13-31-20/h2-5,10-11,13,21H,6-9,12,14H2,1H3,(H2,30,33)(H,32,35)/b15-11+/t21-,25+,26-/m1/s1. The van der Waals surface area contributed by atoms with Crippen LogP contribution in [-0.2, 0) is 15.1 Å². The van der Waals surface area contributed by atoms with Gasteiger partial charge in [-0.1, -0.05) is 29.4 Å². The van der Waals surface area contributed by atoms with E-state index in [1.165, 1.54) is 42.2 Å². The van der Waals surface area contributed by atoms with E-state index in [4.69, 9.17) is 22.1 Å². The summed E-state index contributed by atoms with van der Waals surface area (Å²) >= 11 is 7.10. The lowest BCUT2D eigenvalue weighted by atomic mass is 9.84. The van der Waals surface area contributed by atoms with Gasteiger partial charge >= 0.3 is 0 Å². The molecule has 8 nitrogen and oxygen atoms in total. The molecule has 1 saturated carbocycles. The van der Waals surface area contributed by atoms with Crippen LogP contribution in [0.4, 0.5) is 14.5 Å². The summed E-state index contributed by atoms with van der Waals surface area (Å²) in [5, 5.41) is 3.16. The summed E-state index contributed by atoms with van der Waals surface area (Å²) < 4.78 is 34.8. The molecule has 5 rings (SSSR count). The molecule has 1 aromatic heterocycles. The zero-order valence-corrected chi connectivity index (χ0v) is 22.1. The van der Waals surface area contributed by atoms with Crippen molar-refractivity contribution in [2.75, 3.05) is 38.3 Å². The van der Waals surface area contributed by atoms with Crippen LogP contribution in [0.5, 0.6) is 0 Å². The van der Waals surface area contributed by atoms with Crippen LogP contribution >= 0.6 is 23.4 Å². The molecule has 2 aromatic rings. The number of carbonyl (C=O) groups excluding carboxylic acids is 2. The molecule has 1 aromatic carbocycles. The Hall–Kier alpha value is -3.02. The Morgan fingerprint density at radius 2 is 2.08 bits per heavy atom. The van der Waals surface area contributed by atoms with Crippen molar-refractivity contribution >= 4 is 46.0 Å². The van der Waals surface area contributed by atoms with Gasteiger partial charge in [0.05, 0.1) is 18.2 Å². The molecular weight excluding hydrogens is 536 g/mol. The lowest BCUT2D eigenvalue weighted by Crippen LogP contribution is -2.42. The Labute approximate surface area is 227 Å². The monoisotopic (exact) mass is 561 g/mol. The van der Waals surface area contributed by atoms with Gasteiger partial charge in [0.15, 0.2) is 5.17 Å². The molecule has 200 valence electrons. The molecule has 12 heteroatoms. The number of halogens is 3. The summed E-state index contributed by atoms with van der Waals surface area (Å²) in [5.41, 5.74) is 5.44. The second kappa shape index (κ2) is 10.3. The predicted molar refractivity (Wildman–Crippen MR) is 142 cm³/mol. The van der Waals surface area contributed by atoms with Crippen LogP contribution in [-0.4, -0.2) is 64.6 Å². The highest BCUT2D eigenvalue weighted by Crippen LogP contribution is 2.67. The number of alkyl halides is 1. The minimum absolute atomic E-state index is 0.0115. The van der Waals surface area contributed by atoms with Gasteiger partial charge in [-0.05, 0) is 43.7 Å². The molecule has 2 aliphatic heterocycles. The molecular formula is C26H26ClF2N5O3S. The number of nitrogens with one attached hydrogen (secondary N) is 1. The molecule has 3 atom stereocenters. The van der Waals surface area contributed by atoms with Gasteiger partial charge in [0.1, 0.15) is 23.7 Å². The van der Waals surface area contributed by atoms with Crippen molar-refractivity contribution < 1.29 is 23.1 Å². The van der Waals surface area contributed by atoms with Crippen LogP contribution in [0.15, 0.2) is 53.2 Å². The number of nitrogens with zero attached hydrogens (tertiary/aromatic N) is 3. The molecule has 3 aliphatic rings. The first-order valence-electron chi connectivity index (χ1n) is 12.1. The Morgan fingerprint density at radius 3 is 2.76 bits per heavy atom. The quantitative estimate of drug-likeness (QED) is 0.517. The summed E-state index contributed by atoms with van der Waals surface area (Å²) in [4.78, 5) is 35.8. The van der Waals surface area contributed by atoms with Gasteiger partial charge in [-0.25, -0.2) is 18.8 Å². The van der Waals surface area contributed by atoms with Gasteiger partial charge in [0.25, 0.3) is 5.91 Å². The largest absolute Gasteiger partial charge is 0.378 e. The summed E-state index contributed by atoms with van der Waals surface area (Å²) in [5.74, 6) is -1.76. The fourth-order valence-electron chi connectivity index (χ4n) is 5.15. The predicted octanol–water partition coefficient (Wildman–Crippen LogP) is 3.92. The van der Waals surface area contributed by atoms with E-state index in [1.807, 2.05) is 6.08 Å². The van der Waals surface area contributed by atoms with E-state index >= 15 is 4.39 Å². The van der Waals surface area contributed by atoms with Crippen molar-refractivity contribution in [3.63, 3.8) is 0 Å². The van der Waals surface area contributed by atoms with E-state index in [-0.39, 0.29) is 28.0 Å². The average Bonchev–Trinajstić information content (AvgIpc) is 3.63. The van der Waals surface area contributed by atoms with E-state index in [9.17, 15) is 14.0 Å². The molecule has 0 radical (unpaired) electrons. The number of nitrogens with two attached hydrogens (primary N) is 1. The first-order valence-corrected chi connectivity index (χ1v) is 13.3. The molecule has 0 unspecified atom stereocenters. The maximum atomic E-state index is 15.3. The van der Waals surface area contributed by atoms with E-state index in [0.717, 1.165) is 6.07 Å². The minimum atomic E-state index is -1.60. The number of carbonyl (C=O) groups is 2. The third-order valence-electron chi connectivity index (χ3n) is 7.08. The lowest BCUT2D eigenvalue weighted by molar-refractivity contribution is -0.131. The molecule has 38 heavy (non-hydrogen) atoms. The Bertz CT molecular complexity index is 1330. The van der Waals surface area contributed by atoms with Gasteiger partial charge in [-0.2, -0.15) is 0 Å². The number of aliphatic imine (C=N–C) groups is 1. The molecule has 3 N–H and O–H groups in total. The number of fused-ring (bicyclic) bond motifs is 1. The van der Waals surface area contributed by atoms with Crippen LogP contribution in [0, 0.1) is 11.7 Å². The SMILES string of the molecule is C/C(=C\[C@]12C[C@H]1[C@@](CF)(c1cc(NC(=O)c3ccc(Cl)cn3)ccc1F)N=C(N)S2)C(=O)N1CCOCC1. The van der Waals surface area contributed by atoms with Crippen molar-refractivity contribution in [2.45, 2.75) is 23.6 Å². The van der Waals surface area contributed by atoms with Gasteiger partial charge in [0.2, 0.25) is 5.91 Å². The summed E-state index contributed by atoms with van der Waals surface area (Å²) in [7, 11) is 0. The molecule has 1 aliphatic carbocycles. The highest BCUT2D eigenvalue weighted by atomic mass is 35.5. The smallest absolute Gasteiger partial charge is 0.274 e. The van der Waals surface area contributed by atoms with Crippen LogP contribution < -0.4 is 11.1 Å². The fourth-order valence-corrected chi connectivity index (χ4v) is 6.69. The van der Waals surface area contributed by atoms with Crippen molar-refractivity contribution in [2.24, 2.45) is 16.6 Å². The minimum Gasteiger partial charge on any atom is -0.378 e. The lowest BCUT2D eigenvalue weighted by Gasteiger charge is -2.35. The van der Waals surface area contributed by atoms with E-state index in [1.54, 1.807) is 11.8 Å². The third-order valence-corrected chi connectivity index (χ3v) is 8.56. The third kappa shape index (κ3) is 4.90. The summed E-state index contributed by atoms with van der Waals surface area (Å²) in [6.45, 7) is 2.68. The van der Waals surface area contributed by atoms with Crippen LogP contribution in [0.2, 0.25) is 5.02 Å². The van der Waals surface area contributed by atoms with Crippen molar-refractivity contribution in [3.8, 4) is 0 Å². The number of thioether (sulfide) groups is 1. The van der Waals surface area contributed by atoms with Crippen molar-refractivity contribution in [1.82, 2.24) is 9.88 Å². The number of anilines is 1.